The SMILES string of the molecule is CN1CCN(C(=O)N2CCCCC2(C)C(=O)O)CC1=O. The lowest BCUT2D eigenvalue weighted by atomic mass is 9.89. The van der Waals surface area contributed by atoms with Crippen LogP contribution in [0, 0.1) is 0 Å². The molecule has 3 amide bonds. The van der Waals surface area contributed by atoms with E-state index in [2.05, 4.69) is 0 Å². The fourth-order valence-corrected chi connectivity index (χ4v) is 2.74. The van der Waals surface area contributed by atoms with Crippen LogP contribution in [0.15, 0.2) is 0 Å². The van der Waals surface area contributed by atoms with E-state index in [1.807, 2.05) is 0 Å². The Morgan fingerprint density at radius 3 is 2.50 bits per heavy atom. The van der Waals surface area contributed by atoms with E-state index in [-0.39, 0.29) is 18.5 Å². The van der Waals surface area contributed by atoms with Crippen molar-refractivity contribution in [3.8, 4) is 0 Å². The van der Waals surface area contributed by atoms with Crippen molar-refractivity contribution in [2.24, 2.45) is 0 Å². The van der Waals surface area contributed by atoms with Crippen LogP contribution in [0.5, 0.6) is 0 Å². The zero-order chi connectivity index (χ0) is 14.9. The number of likely N-dealkylation sites (N-methyl/N-ethyl adjacent to an activating group) is 1. The maximum absolute atomic E-state index is 12.5. The lowest BCUT2D eigenvalue weighted by molar-refractivity contribution is -0.151. The van der Waals surface area contributed by atoms with Crippen molar-refractivity contribution in [1.29, 1.82) is 0 Å². The van der Waals surface area contributed by atoms with Gasteiger partial charge in [0.1, 0.15) is 12.1 Å². The number of amides is 3. The number of carbonyl (C=O) groups is 3. The van der Waals surface area contributed by atoms with Crippen LogP contribution in [0.4, 0.5) is 4.79 Å². The number of rotatable bonds is 1. The van der Waals surface area contributed by atoms with Crippen molar-refractivity contribution in [2.45, 2.75) is 31.7 Å². The van der Waals surface area contributed by atoms with Crippen molar-refractivity contribution >= 4 is 17.9 Å². The Morgan fingerprint density at radius 1 is 1.20 bits per heavy atom. The topological polar surface area (TPSA) is 81.2 Å². The lowest BCUT2D eigenvalue weighted by Gasteiger charge is -2.44. The van der Waals surface area contributed by atoms with Crippen molar-refractivity contribution in [1.82, 2.24) is 14.7 Å². The van der Waals surface area contributed by atoms with E-state index >= 15 is 0 Å². The molecule has 1 unspecified atom stereocenters. The van der Waals surface area contributed by atoms with Crippen molar-refractivity contribution < 1.29 is 19.5 Å². The molecule has 0 aliphatic carbocycles. The van der Waals surface area contributed by atoms with Gasteiger partial charge in [-0.15, -0.1) is 0 Å². The average molecular weight is 283 g/mol. The Balaban J connectivity index is 2.14. The van der Waals surface area contributed by atoms with E-state index in [1.165, 1.54) is 9.80 Å². The predicted octanol–water partition coefficient (Wildman–Crippen LogP) is 0.210. The van der Waals surface area contributed by atoms with Gasteiger partial charge in [0, 0.05) is 26.7 Å². The summed E-state index contributed by atoms with van der Waals surface area (Å²) in [5.41, 5.74) is -1.16. The fraction of sp³-hybridized carbons (Fsp3) is 0.769. The highest BCUT2D eigenvalue weighted by Gasteiger charge is 2.45. The molecule has 2 fully saturated rings. The number of likely N-dealkylation sites (tertiary alicyclic amines) is 1. The van der Waals surface area contributed by atoms with Crippen LogP contribution in [0.25, 0.3) is 0 Å². The van der Waals surface area contributed by atoms with Gasteiger partial charge in [0.2, 0.25) is 5.91 Å². The maximum atomic E-state index is 12.5. The molecule has 0 bridgehead atoms. The van der Waals surface area contributed by atoms with Crippen LogP contribution in [0.2, 0.25) is 0 Å². The summed E-state index contributed by atoms with van der Waals surface area (Å²) in [4.78, 5) is 40.2. The van der Waals surface area contributed by atoms with E-state index in [4.69, 9.17) is 0 Å². The van der Waals surface area contributed by atoms with Gasteiger partial charge in [-0.05, 0) is 26.2 Å². The molecule has 0 aromatic carbocycles. The van der Waals surface area contributed by atoms with E-state index < -0.39 is 11.5 Å². The first-order valence-electron chi connectivity index (χ1n) is 6.90. The number of piperidine rings is 1. The number of carboxylic acid groups (broad SMARTS) is 1. The van der Waals surface area contributed by atoms with Crippen molar-refractivity contribution in [2.75, 3.05) is 33.2 Å². The Bertz CT molecular complexity index is 439. The molecule has 0 radical (unpaired) electrons. The van der Waals surface area contributed by atoms with Gasteiger partial charge in [0.05, 0.1) is 0 Å². The summed E-state index contributed by atoms with van der Waals surface area (Å²) < 4.78 is 0. The molecule has 2 rings (SSSR count). The molecule has 1 N–H and O–H groups in total. The summed E-state index contributed by atoms with van der Waals surface area (Å²) >= 11 is 0. The van der Waals surface area contributed by atoms with Crippen LogP contribution in [-0.2, 0) is 9.59 Å². The van der Waals surface area contributed by atoms with Crippen molar-refractivity contribution in [3.63, 3.8) is 0 Å². The molecule has 2 aliphatic heterocycles. The molecule has 20 heavy (non-hydrogen) atoms. The summed E-state index contributed by atoms with van der Waals surface area (Å²) in [6, 6.07) is -0.337. The van der Waals surface area contributed by atoms with Gasteiger partial charge in [-0.25, -0.2) is 9.59 Å². The average Bonchev–Trinajstić information content (AvgIpc) is 2.41. The number of nitrogens with zero attached hydrogens (tertiary/aromatic N) is 3. The van der Waals surface area contributed by atoms with Gasteiger partial charge < -0.3 is 19.8 Å². The summed E-state index contributed by atoms with van der Waals surface area (Å²) in [5, 5.41) is 9.42. The zero-order valence-corrected chi connectivity index (χ0v) is 12.0. The third kappa shape index (κ3) is 2.44. The van der Waals surface area contributed by atoms with Crippen LogP contribution < -0.4 is 0 Å². The molecule has 0 aromatic heterocycles. The number of aliphatic carboxylic acids is 1. The molecule has 2 saturated heterocycles. The van der Waals surface area contributed by atoms with E-state index in [0.717, 1.165) is 12.8 Å². The number of urea groups is 1. The lowest BCUT2D eigenvalue weighted by Crippen LogP contribution is -2.63. The van der Waals surface area contributed by atoms with Crippen LogP contribution in [0.1, 0.15) is 26.2 Å². The van der Waals surface area contributed by atoms with Crippen molar-refractivity contribution in [3.05, 3.63) is 0 Å². The fourth-order valence-electron chi connectivity index (χ4n) is 2.74. The number of hydrogen-bond acceptors (Lipinski definition) is 3. The summed E-state index contributed by atoms with van der Waals surface area (Å²) in [5.74, 6) is -1.09. The van der Waals surface area contributed by atoms with Gasteiger partial charge >= 0.3 is 12.0 Å². The number of hydrogen-bond donors (Lipinski definition) is 1. The Hall–Kier alpha value is -1.79. The summed E-state index contributed by atoms with van der Waals surface area (Å²) in [6.45, 7) is 2.99. The van der Waals surface area contributed by atoms with Gasteiger partial charge in [-0.1, -0.05) is 0 Å². The largest absolute Gasteiger partial charge is 0.480 e. The summed E-state index contributed by atoms with van der Waals surface area (Å²) in [7, 11) is 1.70. The molecule has 2 aliphatic rings. The van der Waals surface area contributed by atoms with Gasteiger partial charge in [-0.3, -0.25) is 4.79 Å². The normalized spacial score (nSPS) is 27.7. The minimum absolute atomic E-state index is 0.0293. The van der Waals surface area contributed by atoms with Gasteiger partial charge in [0.15, 0.2) is 0 Å². The highest BCUT2D eigenvalue weighted by atomic mass is 16.4. The van der Waals surface area contributed by atoms with Gasteiger partial charge in [0.25, 0.3) is 0 Å². The van der Waals surface area contributed by atoms with Gasteiger partial charge in [-0.2, -0.15) is 0 Å². The molecule has 7 heteroatoms. The second-order valence-corrected chi connectivity index (χ2v) is 5.71. The van der Waals surface area contributed by atoms with Crippen LogP contribution in [-0.4, -0.2) is 76.5 Å². The number of piperazine rings is 1. The van der Waals surface area contributed by atoms with E-state index in [9.17, 15) is 19.5 Å². The zero-order valence-electron chi connectivity index (χ0n) is 12.0. The first-order valence-corrected chi connectivity index (χ1v) is 6.90. The highest BCUT2D eigenvalue weighted by Crippen LogP contribution is 2.29. The highest BCUT2D eigenvalue weighted by molar-refractivity contribution is 5.89. The molecular weight excluding hydrogens is 262 g/mol. The smallest absolute Gasteiger partial charge is 0.329 e. The Labute approximate surface area is 118 Å². The Morgan fingerprint density at radius 2 is 1.90 bits per heavy atom. The third-order valence-electron chi connectivity index (χ3n) is 4.31. The maximum Gasteiger partial charge on any atom is 0.329 e. The quantitative estimate of drug-likeness (QED) is 0.746. The molecule has 112 valence electrons. The molecule has 1 atom stereocenters. The molecule has 0 saturated carbocycles. The first kappa shape index (κ1) is 14.6. The second-order valence-electron chi connectivity index (χ2n) is 5.71. The van der Waals surface area contributed by atoms with Crippen LogP contribution in [0.3, 0.4) is 0 Å². The predicted molar refractivity (Wildman–Crippen MR) is 71.2 cm³/mol. The Kier molecular flexibility index (Phi) is 3.87. The molecular formula is C13H21N3O4. The second kappa shape index (κ2) is 5.30. The summed E-state index contributed by atoms with van der Waals surface area (Å²) in [6.07, 6.45) is 2.06. The molecule has 0 spiro atoms. The standard InChI is InChI=1S/C13H21N3O4/c1-13(11(18)19)5-3-4-6-16(13)12(20)15-8-7-14(2)10(17)9-15/h3-9H2,1-2H3,(H,18,19). The monoisotopic (exact) mass is 283 g/mol. The van der Waals surface area contributed by atoms with Crippen LogP contribution >= 0.6 is 0 Å². The van der Waals surface area contributed by atoms with E-state index in [0.29, 0.717) is 26.1 Å². The number of carbonyl (C=O) groups excluding carboxylic acids is 2. The molecule has 2 heterocycles. The first-order chi connectivity index (χ1) is 9.36. The minimum atomic E-state index is -1.16. The third-order valence-corrected chi connectivity index (χ3v) is 4.31. The minimum Gasteiger partial charge on any atom is -0.480 e. The van der Waals surface area contributed by atoms with E-state index in [1.54, 1.807) is 18.9 Å². The molecule has 7 nitrogen and oxygen atoms in total. The number of carboxylic acids is 1. The molecule has 0 aromatic rings.